The highest BCUT2D eigenvalue weighted by atomic mass is 32.1. The summed E-state index contributed by atoms with van der Waals surface area (Å²) in [5, 5.41) is 11.1. The molecule has 168 valence electrons. The average Bonchev–Trinajstić information content (AvgIpc) is 2.79. The zero-order valence-corrected chi connectivity index (χ0v) is 19.3. The molecule has 8 nitrogen and oxygen atoms in total. The monoisotopic (exact) mass is 454 g/mol. The summed E-state index contributed by atoms with van der Waals surface area (Å²) < 4.78 is 13.7. The quantitative estimate of drug-likeness (QED) is 0.416. The van der Waals surface area contributed by atoms with E-state index in [0.29, 0.717) is 36.0 Å². The van der Waals surface area contributed by atoms with Crippen LogP contribution in [0.1, 0.15) is 5.56 Å². The van der Waals surface area contributed by atoms with Crippen LogP contribution in [0.2, 0.25) is 0 Å². The van der Waals surface area contributed by atoms with Gasteiger partial charge in [-0.2, -0.15) is 0 Å². The molecule has 0 atom stereocenters. The Morgan fingerprint density at radius 3 is 2.06 bits per heavy atom. The minimum Gasteiger partial charge on any atom is -0.495 e. The molecule has 0 radical (unpaired) electrons. The number of methoxy groups -OCH3 is 2. The fourth-order valence-electron chi connectivity index (χ4n) is 3.20. The van der Waals surface area contributed by atoms with Crippen LogP contribution in [0.5, 0.6) is 17.4 Å². The maximum atomic E-state index is 13.5. The smallest absolute Gasteiger partial charge is 0.271 e. The molecule has 32 heavy (non-hydrogen) atoms. The Morgan fingerprint density at radius 2 is 1.53 bits per heavy atom. The SMILES string of the molecule is COc1ccccc1-n1c(O)c(C=NCCN(C)C)c(=O)n(-c2ccccc2OC)c1=S. The van der Waals surface area contributed by atoms with Crippen LogP contribution in [-0.2, 0) is 0 Å². The molecular weight excluding hydrogens is 428 g/mol. The lowest BCUT2D eigenvalue weighted by Crippen LogP contribution is -2.27. The van der Waals surface area contributed by atoms with Crippen LogP contribution in [0, 0.1) is 4.77 Å². The fraction of sp³-hybridized carbons (Fsp3) is 0.261. The Labute approximate surface area is 191 Å². The van der Waals surface area contributed by atoms with E-state index in [-0.39, 0.29) is 16.2 Å². The molecule has 0 fully saturated rings. The molecular formula is C23H26N4O4S. The lowest BCUT2D eigenvalue weighted by Gasteiger charge is -2.19. The summed E-state index contributed by atoms with van der Waals surface area (Å²) in [6.07, 6.45) is 1.38. The summed E-state index contributed by atoms with van der Waals surface area (Å²) in [6.45, 7) is 1.16. The van der Waals surface area contributed by atoms with Crippen molar-refractivity contribution in [3.05, 3.63) is 69.2 Å². The van der Waals surface area contributed by atoms with Gasteiger partial charge in [-0.3, -0.25) is 14.4 Å². The minimum absolute atomic E-state index is 0.00849. The minimum atomic E-state index is -0.503. The van der Waals surface area contributed by atoms with Crippen LogP contribution < -0.4 is 15.0 Å². The van der Waals surface area contributed by atoms with Gasteiger partial charge in [0.2, 0.25) is 5.88 Å². The molecule has 1 aromatic heterocycles. The highest BCUT2D eigenvalue weighted by molar-refractivity contribution is 7.71. The van der Waals surface area contributed by atoms with E-state index >= 15 is 0 Å². The van der Waals surface area contributed by atoms with Crippen molar-refractivity contribution in [1.29, 1.82) is 0 Å². The van der Waals surface area contributed by atoms with Crippen molar-refractivity contribution in [3.63, 3.8) is 0 Å². The molecule has 0 saturated heterocycles. The second-order valence-electron chi connectivity index (χ2n) is 7.18. The average molecular weight is 455 g/mol. The van der Waals surface area contributed by atoms with Crippen LogP contribution >= 0.6 is 12.2 Å². The molecule has 0 aliphatic heterocycles. The third-order valence-electron chi connectivity index (χ3n) is 4.82. The zero-order valence-electron chi connectivity index (χ0n) is 18.5. The van der Waals surface area contributed by atoms with Gasteiger partial charge in [0.1, 0.15) is 17.1 Å². The predicted octanol–water partition coefficient (Wildman–Crippen LogP) is 3.06. The number of ether oxygens (including phenoxy) is 2. The van der Waals surface area contributed by atoms with Crippen molar-refractivity contribution in [1.82, 2.24) is 14.0 Å². The van der Waals surface area contributed by atoms with E-state index in [9.17, 15) is 9.90 Å². The number of rotatable bonds is 8. The van der Waals surface area contributed by atoms with Gasteiger partial charge >= 0.3 is 0 Å². The van der Waals surface area contributed by atoms with E-state index in [1.165, 1.54) is 29.6 Å². The lowest BCUT2D eigenvalue weighted by molar-refractivity contribution is 0.399. The number of aliphatic imine (C=N–C) groups is 1. The summed E-state index contributed by atoms with van der Waals surface area (Å²) in [5.41, 5.74) is 0.451. The molecule has 0 spiro atoms. The standard InChI is InChI=1S/C23H26N4O4S/c1-25(2)14-13-24-15-16-21(28)26(17-9-5-7-11-19(17)30-3)23(32)27(22(16)29)18-10-6-8-12-20(18)31-4/h5-12,15,28H,13-14H2,1-4H3. The van der Waals surface area contributed by atoms with Gasteiger partial charge in [0.15, 0.2) is 4.77 Å². The fourth-order valence-corrected chi connectivity index (χ4v) is 3.57. The summed E-state index contributed by atoms with van der Waals surface area (Å²) in [5.74, 6) is 0.636. The normalized spacial score (nSPS) is 11.3. The topological polar surface area (TPSA) is 81.2 Å². The molecule has 0 bridgehead atoms. The molecule has 0 aliphatic rings. The van der Waals surface area contributed by atoms with Gasteiger partial charge in [0.25, 0.3) is 5.56 Å². The Balaban J connectivity index is 2.36. The Morgan fingerprint density at radius 1 is 1.00 bits per heavy atom. The molecule has 2 aromatic carbocycles. The number of likely N-dealkylation sites (N-methyl/N-ethyl adjacent to an activating group) is 1. The van der Waals surface area contributed by atoms with Crippen LogP contribution in [0.4, 0.5) is 0 Å². The Kier molecular flexibility index (Phi) is 7.45. The van der Waals surface area contributed by atoms with E-state index in [0.717, 1.165) is 0 Å². The predicted molar refractivity (Wildman–Crippen MR) is 128 cm³/mol. The number of para-hydroxylation sites is 4. The first-order valence-corrected chi connectivity index (χ1v) is 10.3. The second kappa shape index (κ2) is 10.3. The zero-order chi connectivity index (χ0) is 23.3. The van der Waals surface area contributed by atoms with Crippen molar-refractivity contribution >= 4 is 18.4 Å². The van der Waals surface area contributed by atoms with Gasteiger partial charge in [0.05, 0.1) is 32.1 Å². The Hall–Kier alpha value is -3.43. The highest BCUT2D eigenvalue weighted by Crippen LogP contribution is 2.29. The molecule has 1 heterocycles. The van der Waals surface area contributed by atoms with Crippen molar-refractivity contribution in [2.24, 2.45) is 4.99 Å². The van der Waals surface area contributed by atoms with Gasteiger partial charge in [0, 0.05) is 12.8 Å². The van der Waals surface area contributed by atoms with Crippen molar-refractivity contribution in [3.8, 4) is 28.8 Å². The maximum Gasteiger partial charge on any atom is 0.271 e. The molecule has 0 aliphatic carbocycles. The summed E-state index contributed by atoms with van der Waals surface area (Å²) in [6, 6.07) is 14.1. The molecule has 9 heteroatoms. The van der Waals surface area contributed by atoms with Gasteiger partial charge < -0.3 is 19.5 Å². The van der Waals surface area contributed by atoms with Crippen molar-refractivity contribution in [2.75, 3.05) is 41.4 Å². The molecule has 0 saturated carbocycles. The number of aromatic hydroxyl groups is 1. The van der Waals surface area contributed by atoms with E-state index in [2.05, 4.69) is 4.99 Å². The van der Waals surface area contributed by atoms with Crippen LogP contribution in [-0.4, -0.2) is 66.8 Å². The summed E-state index contributed by atoms with van der Waals surface area (Å²) >= 11 is 5.68. The second-order valence-corrected chi connectivity index (χ2v) is 7.54. The van der Waals surface area contributed by atoms with E-state index in [4.69, 9.17) is 21.7 Å². The number of hydrogen-bond acceptors (Lipinski definition) is 7. The van der Waals surface area contributed by atoms with Crippen molar-refractivity contribution in [2.45, 2.75) is 0 Å². The molecule has 1 N–H and O–H groups in total. The first-order chi connectivity index (χ1) is 15.4. The lowest BCUT2D eigenvalue weighted by atomic mass is 10.2. The molecule has 3 rings (SSSR count). The maximum absolute atomic E-state index is 13.5. The van der Waals surface area contributed by atoms with E-state index in [1.807, 2.05) is 25.1 Å². The first-order valence-electron chi connectivity index (χ1n) is 9.93. The van der Waals surface area contributed by atoms with Crippen molar-refractivity contribution < 1.29 is 14.6 Å². The summed E-state index contributed by atoms with van der Waals surface area (Å²) in [4.78, 5) is 19.8. The van der Waals surface area contributed by atoms with Crippen LogP contribution in [0.3, 0.4) is 0 Å². The number of hydrogen-bond donors (Lipinski definition) is 1. The van der Waals surface area contributed by atoms with Crippen LogP contribution in [0.25, 0.3) is 11.4 Å². The third kappa shape index (κ3) is 4.58. The number of aromatic nitrogens is 2. The molecule has 3 aromatic rings. The van der Waals surface area contributed by atoms with Gasteiger partial charge in [-0.25, -0.2) is 4.57 Å². The number of benzene rings is 2. The van der Waals surface area contributed by atoms with E-state index < -0.39 is 5.56 Å². The molecule has 0 amide bonds. The number of nitrogens with zero attached hydrogens (tertiary/aromatic N) is 4. The summed E-state index contributed by atoms with van der Waals surface area (Å²) in [7, 11) is 6.91. The van der Waals surface area contributed by atoms with Crippen LogP contribution in [0.15, 0.2) is 58.3 Å². The first kappa shape index (κ1) is 23.2. The van der Waals surface area contributed by atoms with E-state index in [1.54, 1.807) is 42.5 Å². The van der Waals surface area contributed by atoms with Gasteiger partial charge in [-0.05, 0) is 50.6 Å². The largest absolute Gasteiger partial charge is 0.495 e. The highest BCUT2D eigenvalue weighted by Gasteiger charge is 2.21. The molecule has 0 unspecified atom stereocenters. The third-order valence-corrected chi connectivity index (χ3v) is 5.18. The Bertz CT molecular complexity index is 1250. The van der Waals surface area contributed by atoms with Gasteiger partial charge in [-0.1, -0.05) is 24.3 Å². The van der Waals surface area contributed by atoms with Gasteiger partial charge in [-0.15, -0.1) is 0 Å².